The van der Waals surface area contributed by atoms with Crippen molar-refractivity contribution in [2.45, 2.75) is 13.5 Å². The average Bonchev–Trinajstić information content (AvgIpc) is 3.21. The molecule has 0 aliphatic carbocycles. The molecule has 1 amide bonds. The summed E-state index contributed by atoms with van der Waals surface area (Å²) in [4.78, 5) is 17.6. The lowest BCUT2D eigenvalue weighted by molar-refractivity contribution is 0.0952. The Labute approximate surface area is 189 Å². The number of benzene rings is 2. The smallest absolute Gasteiger partial charge is 0.259 e. The lowest BCUT2D eigenvalue weighted by atomic mass is 10.0. The number of ether oxygens (including phenoxy) is 3. The van der Waals surface area contributed by atoms with Crippen molar-refractivity contribution in [2.24, 2.45) is 0 Å². The molecule has 0 fully saturated rings. The first-order valence-corrected chi connectivity index (χ1v) is 10.1. The quantitative estimate of drug-likeness (QED) is 0.448. The summed E-state index contributed by atoms with van der Waals surface area (Å²) >= 11 is 0. The maximum absolute atomic E-state index is 14.4. The van der Waals surface area contributed by atoms with Crippen molar-refractivity contribution >= 4 is 17.0 Å². The topological polar surface area (TPSA) is 95.7 Å². The average molecular weight is 451 g/mol. The molecular formula is C24H22FN3O5. The van der Waals surface area contributed by atoms with Gasteiger partial charge in [0.15, 0.2) is 11.5 Å². The zero-order valence-corrected chi connectivity index (χ0v) is 18.6. The van der Waals surface area contributed by atoms with E-state index < -0.39 is 5.82 Å². The van der Waals surface area contributed by atoms with Crippen LogP contribution in [-0.4, -0.2) is 37.4 Å². The number of fused-ring (bicyclic) bond motifs is 1. The summed E-state index contributed by atoms with van der Waals surface area (Å²) in [5.41, 5.74) is 2.22. The second-order valence-corrected chi connectivity index (χ2v) is 7.20. The number of methoxy groups -OCH3 is 3. The number of halogens is 1. The van der Waals surface area contributed by atoms with Gasteiger partial charge in [-0.1, -0.05) is 17.3 Å². The van der Waals surface area contributed by atoms with Gasteiger partial charge in [0.05, 0.1) is 43.7 Å². The van der Waals surface area contributed by atoms with Crippen LogP contribution in [0.25, 0.3) is 22.4 Å². The Morgan fingerprint density at radius 3 is 2.39 bits per heavy atom. The Hall–Kier alpha value is -4.14. The fourth-order valence-electron chi connectivity index (χ4n) is 3.60. The number of pyridine rings is 1. The third-order valence-electron chi connectivity index (χ3n) is 5.19. The van der Waals surface area contributed by atoms with E-state index in [0.29, 0.717) is 28.3 Å². The Morgan fingerprint density at radius 2 is 1.76 bits per heavy atom. The molecule has 8 nitrogen and oxygen atoms in total. The van der Waals surface area contributed by atoms with E-state index >= 15 is 0 Å². The molecule has 0 aliphatic rings. The van der Waals surface area contributed by atoms with Gasteiger partial charge in [0.2, 0.25) is 5.75 Å². The molecule has 33 heavy (non-hydrogen) atoms. The summed E-state index contributed by atoms with van der Waals surface area (Å²) in [6, 6.07) is 11.2. The minimum absolute atomic E-state index is 0.159. The summed E-state index contributed by atoms with van der Waals surface area (Å²) in [6.07, 6.45) is 0. The number of carbonyl (C=O) groups excluding carboxylic acids is 1. The van der Waals surface area contributed by atoms with Crippen LogP contribution in [0.4, 0.5) is 4.39 Å². The van der Waals surface area contributed by atoms with Gasteiger partial charge in [-0.15, -0.1) is 0 Å². The normalized spacial score (nSPS) is 10.8. The van der Waals surface area contributed by atoms with Crippen LogP contribution in [0.15, 0.2) is 47.0 Å². The van der Waals surface area contributed by atoms with Gasteiger partial charge in [-0.05, 0) is 42.8 Å². The highest BCUT2D eigenvalue weighted by Gasteiger charge is 2.21. The third-order valence-corrected chi connectivity index (χ3v) is 5.19. The molecule has 170 valence electrons. The molecule has 4 aromatic rings. The van der Waals surface area contributed by atoms with E-state index in [4.69, 9.17) is 18.7 Å². The van der Waals surface area contributed by atoms with Crippen LogP contribution >= 0.6 is 0 Å². The van der Waals surface area contributed by atoms with E-state index in [-0.39, 0.29) is 35.0 Å². The van der Waals surface area contributed by atoms with Crippen LogP contribution in [0.2, 0.25) is 0 Å². The van der Waals surface area contributed by atoms with E-state index in [1.165, 1.54) is 33.5 Å². The largest absolute Gasteiger partial charge is 0.493 e. The Bertz CT molecular complexity index is 1310. The van der Waals surface area contributed by atoms with Gasteiger partial charge in [-0.25, -0.2) is 9.37 Å². The van der Waals surface area contributed by atoms with Gasteiger partial charge in [-0.3, -0.25) is 4.79 Å². The number of nitrogens with one attached hydrogen (secondary N) is 1. The highest BCUT2D eigenvalue weighted by molar-refractivity contribution is 6.07. The summed E-state index contributed by atoms with van der Waals surface area (Å²) in [5, 5.41) is 7.27. The van der Waals surface area contributed by atoms with Crippen molar-refractivity contribution in [3.05, 3.63) is 65.1 Å². The molecule has 4 rings (SSSR count). The maximum atomic E-state index is 14.4. The van der Waals surface area contributed by atoms with E-state index in [9.17, 15) is 9.18 Å². The standard InChI is InChI=1S/C24H22FN3O5/c1-13-21-16(11-18(27-24(21)33-28-13)15-7-5-6-8-17(15)25)23(29)26-12-14-9-19(30-2)22(32-4)20(10-14)31-3/h5-11H,12H2,1-4H3,(H,26,29). The van der Waals surface area contributed by atoms with Crippen LogP contribution in [0.3, 0.4) is 0 Å². The number of aromatic nitrogens is 2. The predicted molar refractivity (Wildman–Crippen MR) is 119 cm³/mol. The molecule has 2 aromatic carbocycles. The lowest BCUT2D eigenvalue weighted by Crippen LogP contribution is -2.23. The molecule has 2 aromatic heterocycles. The van der Waals surface area contributed by atoms with E-state index in [2.05, 4.69) is 15.5 Å². The van der Waals surface area contributed by atoms with Crippen LogP contribution < -0.4 is 19.5 Å². The third kappa shape index (κ3) is 4.17. The SMILES string of the molecule is COc1cc(CNC(=O)c2cc(-c3ccccc3F)nc3onc(C)c23)cc(OC)c1OC. The number of hydrogen-bond donors (Lipinski definition) is 1. The predicted octanol–water partition coefficient (Wildman–Crippen LogP) is 4.29. The Balaban J connectivity index is 1.69. The minimum Gasteiger partial charge on any atom is -0.493 e. The molecule has 9 heteroatoms. The van der Waals surface area contributed by atoms with E-state index in [1.807, 2.05) is 0 Å². The molecule has 0 saturated carbocycles. The molecule has 0 aliphatic heterocycles. The van der Waals surface area contributed by atoms with Crippen molar-refractivity contribution in [1.82, 2.24) is 15.5 Å². The van der Waals surface area contributed by atoms with Crippen LogP contribution in [0, 0.1) is 12.7 Å². The Kier molecular flexibility index (Phi) is 6.12. The zero-order valence-electron chi connectivity index (χ0n) is 18.6. The molecule has 0 unspecified atom stereocenters. The first-order valence-electron chi connectivity index (χ1n) is 10.1. The van der Waals surface area contributed by atoms with Gasteiger partial charge in [0.1, 0.15) is 5.82 Å². The van der Waals surface area contributed by atoms with Gasteiger partial charge in [0, 0.05) is 12.1 Å². The molecule has 0 radical (unpaired) electrons. The number of rotatable bonds is 7. The van der Waals surface area contributed by atoms with E-state index in [0.717, 1.165) is 5.56 Å². The van der Waals surface area contributed by atoms with Crippen LogP contribution in [0.5, 0.6) is 17.2 Å². The molecule has 0 atom stereocenters. The second-order valence-electron chi connectivity index (χ2n) is 7.20. The molecule has 2 heterocycles. The number of nitrogens with zero attached hydrogens (tertiary/aromatic N) is 2. The summed E-state index contributed by atoms with van der Waals surface area (Å²) in [7, 11) is 4.56. The van der Waals surface area contributed by atoms with Gasteiger partial charge < -0.3 is 24.1 Å². The highest BCUT2D eigenvalue weighted by atomic mass is 19.1. The van der Waals surface area contributed by atoms with Crippen LogP contribution in [0.1, 0.15) is 21.6 Å². The summed E-state index contributed by atoms with van der Waals surface area (Å²) in [5.74, 6) is 0.568. The number of aryl methyl sites for hydroxylation is 1. The number of carbonyl (C=O) groups is 1. The van der Waals surface area contributed by atoms with E-state index in [1.54, 1.807) is 37.3 Å². The fraction of sp³-hybridized carbons (Fsp3) is 0.208. The number of amides is 1. The summed E-state index contributed by atoms with van der Waals surface area (Å²) in [6.45, 7) is 1.89. The van der Waals surface area contributed by atoms with Crippen molar-refractivity contribution < 1.29 is 27.9 Å². The van der Waals surface area contributed by atoms with Crippen molar-refractivity contribution in [3.63, 3.8) is 0 Å². The lowest BCUT2D eigenvalue weighted by Gasteiger charge is -2.14. The molecule has 0 spiro atoms. The van der Waals surface area contributed by atoms with Crippen LogP contribution in [-0.2, 0) is 6.54 Å². The monoisotopic (exact) mass is 451 g/mol. The second kappa shape index (κ2) is 9.15. The maximum Gasteiger partial charge on any atom is 0.259 e. The first kappa shape index (κ1) is 22.1. The number of hydrogen-bond acceptors (Lipinski definition) is 7. The Morgan fingerprint density at radius 1 is 1.06 bits per heavy atom. The first-order chi connectivity index (χ1) is 16.0. The van der Waals surface area contributed by atoms with Gasteiger partial charge >= 0.3 is 0 Å². The highest BCUT2D eigenvalue weighted by Crippen LogP contribution is 2.38. The zero-order chi connectivity index (χ0) is 23.5. The summed E-state index contributed by atoms with van der Waals surface area (Å²) < 4.78 is 35.7. The molecule has 0 saturated heterocycles. The van der Waals surface area contributed by atoms with Crippen molar-refractivity contribution in [3.8, 4) is 28.5 Å². The minimum atomic E-state index is -0.454. The van der Waals surface area contributed by atoms with Gasteiger partial charge in [0.25, 0.3) is 11.6 Å². The molecule has 1 N–H and O–H groups in total. The van der Waals surface area contributed by atoms with Crippen molar-refractivity contribution in [2.75, 3.05) is 21.3 Å². The van der Waals surface area contributed by atoms with Gasteiger partial charge in [-0.2, -0.15) is 0 Å². The molecule has 0 bridgehead atoms. The fourth-order valence-corrected chi connectivity index (χ4v) is 3.60. The van der Waals surface area contributed by atoms with Crippen molar-refractivity contribution in [1.29, 1.82) is 0 Å². The molecular weight excluding hydrogens is 429 g/mol.